The summed E-state index contributed by atoms with van der Waals surface area (Å²) >= 11 is 1.73. The molecule has 1 N–H and O–H groups in total. The first kappa shape index (κ1) is 24.0. The topological polar surface area (TPSA) is 65.0 Å². The number of carbonyl (C=O) groups is 2. The molecule has 7 heteroatoms. The second kappa shape index (κ2) is 10.2. The van der Waals surface area contributed by atoms with Crippen LogP contribution in [0.2, 0.25) is 0 Å². The molecule has 0 fully saturated rings. The monoisotopic (exact) mass is 518 g/mol. The molecule has 2 aliphatic heterocycles. The van der Waals surface area contributed by atoms with Crippen molar-refractivity contribution in [2.45, 2.75) is 35.6 Å². The Hall–Kier alpha value is -4.36. The van der Waals surface area contributed by atoms with Gasteiger partial charge in [-0.15, -0.1) is 0 Å². The minimum atomic E-state index is -0.360. The number of aryl methyl sites for hydroxylation is 1. The van der Waals surface area contributed by atoms with E-state index in [2.05, 4.69) is 34.5 Å². The SMILES string of the molecule is Cc1cccc(NC(=O)CC(=O)N2N=C(N3c4ccccc4Sc4ccccc43)C[C@@H]2c2ccccc2)c1. The van der Waals surface area contributed by atoms with Crippen LogP contribution in [0.25, 0.3) is 0 Å². The largest absolute Gasteiger partial charge is 0.326 e. The predicted octanol–water partition coefficient (Wildman–Crippen LogP) is 6.91. The fourth-order valence-electron chi connectivity index (χ4n) is 4.92. The number of nitrogens with zero attached hydrogens (tertiary/aromatic N) is 3. The molecule has 2 aliphatic rings. The van der Waals surface area contributed by atoms with E-state index in [0.717, 1.165) is 38.1 Å². The van der Waals surface area contributed by atoms with Crippen molar-refractivity contribution in [2.24, 2.45) is 5.10 Å². The van der Waals surface area contributed by atoms with E-state index in [1.807, 2.05) is 85.8 Å². The highest BCUT2D eigenvalue weighted by molar-refractivity contribution is 7.99. The van der Waals surface area contributed by atoms with Gasteiger partial charge in [-0.25, -0.2) is 5.01 Å². The van der Waals surface area contributed by atoms with Gasteiger partial charge in [0.2, 0.25) is 5.91 Å². The average molecular weight is 519 g/mol. The molecule has 0 saturated heterocycles. The quantitative estimate of drug-likeness (QED) is 0.298. The Bertz CT molecular complexity index is 1510. The van der Waals surface area contributed by atoms with Crippen LogP contribution >= 0.6 is 11.8 Å². The summed E-state index contributed by atoms with van der Waals surface area (Å²) in [5.41, 5.74) is 4.76. The van der Waals surface area contributed by atoms with Crippen molar-refractivity contribution in [1.29, 1.82) is 0 Å². The molecule has 6 rings (SSSR count). The molecule has 2 heterocycles. The third-order valence-corrected chi connectivity index (χ3v) is 7.77. The van der Waals surface area contributed by atoms with Gasteiger partial charge in [-0.2, -0.15) is 5.10 Å². The zero-order valence-corrected chi connectivity index (χ0v) is 21.7. The van der Waals surface area contributed by atoms with Crippen LogP contribution in [0.15, 0.2) is 118 Å². The van der Waals surface area contributed by atoms with Crippen molar-refractivity contribution in [3.63, 3.8) is 0 Å². The van der Waals surface area contributed by atoms with Gasteiger partial charge in [-0.3, -0.25) is 14.5 Å². The Balaban J connectivity index is 1.33. The van der Waals surface area contributed by atoms with Crippen LogP contribution in [0.4, 0.5) is 17.1 Å². The van der Waals surface area contributed by atoms with Gasteiger partial charge in [0.1, 0.15) is 12.3 Å². The summed E-state index contributed by atoms with van der Waals surface area (Å²) in [7, 11) is 0. The number of para-hydroxylation sites is 2. The van der Waals surface area contributed by atoms with Gasteiger partial charge in [-0.05, 0) is 54.4 Å². The summed E-state index contributed by atoms with van der Waals surface area (Å²) in [6, 6.07) is 33.6. The molecule has 0 spiro atoms. The van der Waals surface area contributed by atoms with Gasteiger partial charge in [0, 0.05) is 21.9 Å². The Morgan fingerprint density at radius 1 is 0.868 bits per heavy atom. The Labute approximate surface area is 226 Å². The molecule has 38 heavy (non-hydrogen) atoms. The van der Waals surface area contributed by atoms with E-state index in [9.17, 15) is 9.59 Å². The van der Waals surface area contributed by atoms with Crippen molar-refractivity contribution in [3.8, 4) is 0 Å². The molecule has 6 nitrogen and oxygen atoms in total. The molecule has 188 valence electrons. The van der Waals surface area contributed by atoms with Gasteiger partial charge < -0.3 is 5.32 Å². The number of fused-ring (bicyclic) bond motifs is 2. The first-order chi connectivity index (χ1) is 18.6. The van der Waals surface area contributed by atoms with Crippen molar-refractivity contribution < 1.29 is 9.59 Å². The Morgan fingerprint density at radius 3 is 2.21 bits per heavy atom. The van der Waals surface area contributed by atoms with Crippen LogP contribution in [0.3, 0.4) is 0 Å². The van der Waals surface area contributed by atoms with Crippen LogP contribution < -0.4 is 10.2 Å². The number of nitrogens with one attached hydrogen (secondary N) is 1. The lowest BCUT2D eigenvalue weighted by molar-refractivity contribution is -0.136. The number of hydrogen-bond acceptors (Lipinski definition) is 5. The number of carbonyl (C=O) groups excluding carboxylic acids is 2. The number of rotatable bonds is 4. The van der Waals surface area contributed by atoms with E-state index < -0.39 is 0 Å². The van der Waals surface area contributed by atoms with Crippen molar-refractivity contribution in [3.05, 3.63) is 114 Å². The molecule has 0 radical (unpaired) electrons. The normalized spacial score (nSPS) is 15.9. The second-order valence-corrected chi connectivity index (χ2v) is 10.4. The summed E-state index contributed by atoms with van der Waals surface area (Å²) in [4.78, 5) is 30.8. The maximum absolute atomic E-state index is 13.6. The molecule has 0 aliphatic carbocycles. The van der Waals surface area contributed by atoms with Crippen LogP contribution in [-0.2, 0) is 9.59 Å². The number of amides is 2. The predicted molar refractivity (Wildman–Crippen MR) is 152 cm³/mol. The van der Waals surface area contributed by atoms with E-state index >= 15 is 0 Å². The summed E-state index contributed by atoms with van der Waals surface area (Å²) in [6.07, 6.45) is 0.236. The molecule has 1 atom stereocenters. The van der Waals surface area contributed by atoms with Crippen molar-refractivity contribution in [1.82, 2.24) is 5.01 Å². The van der Waals surface area contributed by atoms with Crippen LogP contribution in [0.1, 0.15) is 30.0 Å². The van der Waals surface area contributed by atoms with Crippen LogP contribution in [-0.4, -0.2) is 22.7 Å². The highest BCUT2D eigenvalue weighted by Gasteiger charge is 2.38. The zero-order valence-electron chi connectivity index (χ0n) is 20.9. The third-order valence-electron chi connectivity index (χ3n) is 6.64. The third kappa shape index (κ3) is 4.68. The molecule has 0 bridgehead atoms. The molecule has 0 unspecified atom stereocenters. The molecular formula is C31H26N4O2S. The highest BCUT2D eigenvalue weighted by atomic mass is 32.2. The molecule has 4 aromatic rings. The van der Waals surface area contributed by atoms with Crippen LogP contribution in [0, 0.1) is 6.92 Å². The summed E-state index contributed by atoms with van der Waals surface area (Å²) < 4.78 is 0. The standard InChI is InChI=1S/C31H26N4O2S/c1-21-10-9-13-23(18-21)32-30(36)20-31(37)35-26(22-11-3-2-4-12-22)19-29(33-35)34-24-14-5-7-16-27(24)38-28-17-8-6-15-25(28)34/h2-18,26H,19-20H2,1H3,(H,32,36)/t26-/m1/s1. The number of amidine groups is 1. The van der Waals surface area contributed by atoms with Gasteiger partial charge in [0.15, 0.2) is 0 Å². The maximum Gasteiger partial charge on any atom is 0.252 e. The smallest absolute Gasteiger partial charge is 0.252 e. The summed E-state index contributed by atoms with van der Waals surface area (Å²) in [6.45, 7) is 1.96. The molecular weight excluding hydrogens is 492 g/mol. The van der Waals surface area contributed by atoms with Crippen molar-refractivity contribution in [2.75, 3.05) is 10.2 Å². The molecule has 2 amide bonds. The molecule has 0 aromatic heterocycles. The first-order valence-electron chi connectivity index (χ1n) is 12.5. The first-order valence-corrected chi connectivity index (χ1v) is 13.4. The highest BCUT2D eigenvalue weighted by Crippen LogP contribution is 2.49. The minimum Gasteiger partial charge on any atom is -0.326 e. The maximum atomic E-state index is 13.6. The van der Waals surface area contributed by atoms with E-state index in [1.54, 1.807) is 11.8 Å². The number of benzene rings is 4. The molecule has 0 saturated carbocycles. The van der Waals surface area contributed by atoms with Gasteiger partial charge in [-0.1, -0.05) is 78.5 Å². The van der Waals surface area contributed by atoms with Gasteiger partial charge >= 0.3 is 0 Å². The Kier molecular flexibility index (Phi) is 6.43. The zero-order chi connectivity index (χ0) is 26.1. The minimum absolute atomic E-state index is 0.295. The lowest BCUT2D eigenvalue weighted by Crippen LogP contribution is -2.30. The lowest BCUT2D eigenvalue weighted by atomic mass is 10.0. The summed E-state index contributed by atoms with van der Waals surface area (Å²) in [5.74, 6) is 0.0691. The lowest BCUT2D eigenvalue weighted by Gasteiger charge is -2.32. The van der Waals surface area contributed by atoms with E-state index in [0.29, 0.717) is 12.1 Å². The Morgan fingerprint density at radius 2 is 1.53 bits per heavy atom. The van der Waals surface area contributed by atoms with Gasteiger partial charge in [0.05, 0.1) is 17.4 Å². The average Bonchev–Trinajstić information content (AvgIpc) is 3.37. The van der Waals surface area contributed by atoms with Crippen molar-refractivity contribution >= 4 is 46.5 Å². The number of hydrazone groups is 1. The fourth-order valence-corrected chi connectivity index (χ4v) is 5.98. The second-order valence-electron chi connectivity index (χ2n) is 9.35. The molecule has 4 aromatic carbocycles. The fraction of sp³-hybridized carbons (Fsp3) is 0.129. The number of anilines is 3. The number of hydrogen-bond donors (Lipinski definition) is 1. The van der Waals surface area contributed by atoms with E-state index in [4.69, 9.17) is 5.10 Å². The van der Waals surface area contributed by atoms with E-state index in [-0.39, 0.29) is 24.3 Å². The van der Waals surface area contributed by atoms with Crippen LogP contribution in [0.5, 0.6) is 0 Å². The summed E-state index contributed by atoms with van der Waals surface area (Å²) in [5, 5.41) is 9.22. The van der Waals surface area contributed by atoms with E-state index in [1.165, 1.54) is 5.01 Å². The van der Waals surface area contributed by atoms with Gasteiger partial charge in [0.25, 0.3) is 5.91 Å².